The first-order valence-electron chi connectivity index (χ1n) is 3.62. The van der Waals surface area contributed by atoms with Crippen LogP contribution >= 0.6 is 27.5 Å². The Morgan fingerprint density at radius 3 is 2.46 bits per heavy atom. The molecule has 0 saturated carbocycles. The minimum Gasteiger partial charge on any atom is -0.468 e. The summed E-state index contributed by atoms with van der Waals surface area (Å²) in [5.74, 6) is -0.441. The second-order valence-corrected chi connectivity index (χ2v) is 3.79. The summed E-state index contributed by atoms with van der Waals surface area (Å²) in [5.41, 5.74) is 0.733. The van der Waals surface area contributed by atoms with Crippen LogP contribution in [0.25, 0.3) is 0 Å². The van der Waals surface area contributed by atoms with Crippen LogP contribution in [0.5, 0.6) is 0 Å². The average molecular weight is 264 g/mol. The summed E-state index contributed by atoms with van der Waals surface area (Å²) in [6, 6.07) is 7.21. The second-order valence-electron chi connectivity index (χ2n) is 2.44. The molecule has 0 heterocycles. The van der Waals surface area contributed by atoms with Gasteiger partial charge in [0.05, 0.1) is 7.11 Å². The molecule has 4 heteroatoms. The van der Waals surface area contributed by atoms with E-state index in [4.69, 9.17) is 11.6 Å². The van der Waals surface area contributed by atoms with Crippen molar-refractivity contribution in [3.63, 3.8) is 0 Å². The van der Waals surface area contributed by atoms with Gasteiger partial charge in [-0.25, -0.2) is 0 Å². The molecule has 0 aliphatic carbocycles. The Kier molecular flexibility index (Phi) is 3.75. The first-order chi connectivity index (χ1) is 6.15. The molecule has 0 spiro atoms. The predicted molar refractivity (Wildman–Crippen MR) is 54.8 cm³/mol. The van der Waals surface area contributed by atoms with Crippen LogP contribution in [0.3, 0.4) is 0 Å². The van der Waals surface area contributed by atoms with E-state index in [9.17, 15) is 4.79 Å². The maximum Gasteiger partial charge on any atom is 0.328 e. The highest BCUT2D eigenvalue weighted by molar-refractivity contribution is 9.10. The van der Waals surface area contributed by atoms with E-state index in [1.54, 1.807) is 12.1 Å². The van der Waals surface area contributed by atoms with Crippen LogP contribution < -0.4 is 0 Å². The van der Waals surface area contributed by atoms with Gasteiger partial charge in [-0.05, 0) is 17.7 Å². The lowest BCUT2D eigenvalue weighted by Crippen LogP contribution is -2.08. The summed E-state index contributed by atoms with van der Waals surface area (Å²) in [5, 5.41) is -0.724. The first-order valence-corrected chi connectivity index (χ1v) is 4.85. The van der Waals surface area contributed by atoms with Crippen molar-refractivity contribution in [2.45, 2.75) is 5.38 Å². The van der Waals surface area contributed by atoms with Gasteiger partial charge < -0.3 is 4.74 Å². The van der Waals surface area contributed by atoms with E-state index in [1.165, 1.54) is 7.11 Å². The van der Waals surface area contributed by atoms with Crippen molar-refractivity contribution in [3.8, 4) is 0 Å². The molecule has 1 unspecified atom stereocenters. The zero-order valence-corrected chi connectivity index (χ0v) is 9.30. The Morgan fingerprint density at radius 1 is 1.46 bits per heavy atom. The molecular formula is C9H8BrClO2. The number of hydrogen-bond acceptors (Lipinski definition) is 2. The Morgan fingerprint density at radius 2 is 2.00 bits per heavy atom. The first kappa shape index (κ1) is 10.5. The van der Waals surface area contributed by atoms with Crippen LogP contribution in [0.4, 0.5) is 0 Å². The fourth-order valence-corrected chi connectivity index (χ4v) is 1.37. The van der Waals surface area contributed by atoms with Gasteiger partial charge in [-0.1, -0.05) is 28.1 Å². The summed E-state index contributed by atoms with van der Waals surface area (Å²) in [4.78, 5) is 11.0. The molecule has 1 aromatic rings. The van der Waals surface area contributed by atoms with E-state index < -0.39 is 11.3 Å². The number of methoxy groups -OCH3 is 1. The van der Waals surface area contributed by atoms with Gasteiger partial charge in [0.2, 0.25) is 0 Å². The molecule has 0 radical (unpaired) electrons. The molecule has 0 aliphatic heterocycles. The monoisotopic (exact) mass is 262 g/mol. The van der Waals surface area contributed by atoms with E-state index in [1.807, 2.05) is 12.1 Å². The molecular weight excluding hydrogens is 255 g/mol. The van der Waals surface area contributed by atoms with Crippen molar-refractivity contribution in [1.29, 1.82) is 0 Å². The average Bonchev–Trinajstić information content (AvgIpc) is 2.17. The highest BCUT2D eigenvalue weighted by atomic mass is 79.9. The van der Waals surface area contributed by atoms with Crippen LogP contribution in [-0.4, -0.2) is 13.1 Å². The minimum atomic E-state index is -0.724. The molecule has 2 nitrogen and oxygen atoms in total. The largest absolute Gasteiger partial charge is 0.468 e. The summed E-state index contributed by atoms with van der Waals surface area (Å²) in [7, 11) is 1.32. The third-order valence-corrected chi connectivity index (χ3v) is 2.53. The molecule has 1 aromatic carbocycles. The Balaban J connectivity index is 2.83. The Hall–Kier alpha value is -0.540. The van der Waals surface area contributed by atoms with Gasteiger partial charge in [0.15, 0.2) is 5.38 Å². The van der Waals surface area contributed by atoms with Crippen molar-refractivity contribution < 1.29 is 9.53 Å². The molecule has 70 valence electrons. The van der Waals surface area contributed by atoms with Crippen LogP contribution in [0.15, 0.2) is 28.7 Å². The zero-order valence-electron chi connectivity index (χ0n) is 6.96. The van der Waals surface area contributed by atoms with Crippen molar-refractivity contribution in [2.24, 2.45) is 0 Å². The fraction of sp³-hybridized carbons (Fsp3) is 0.222. The topological polar surface area (TPSA) is 26.3 Å². The van der Waals surface area contributed by atoms with Crippen LogP contribution in [-0.2, 0) is 9.53 Å². The lowest BCUT2D eigenvalue weighted by molar-refractivity contribution is -0.140. The zero-order chi connectivity index (χ0) is 9.84. The normalized spacial score (nSPS) is 12.2. The highest BCUT2D eigenvalue weighted by Crippen LogP contribution is 2.23. The predicted octanol–water partition coefficient (Wildman–Crippen LogP) is 2.90. The number of esters is 1. The molecule has 0 amide bonds. The smallest absolute Gasteiger partial charge is 0.328 e. The fourth-order valence-electron chi connectivity index (χ4n) is 0.871. The standard InChI is InChI=1S/C9H8BrClO2/c1-13-9(12)8(11)6-2-4-7(10)5-3-6/h2-5,8H,1H3. The van der Waals surface area contributed by atoms with Crippen LogP contribution in [0, 0.1) is 0 Å². The summed E-state index contributed by atoms with van der Waals surface area (Å²) >= 11 is 9.11. The van der Waals surface area contributed by atoms with E-state index >= 15 is 0 Å². The van der Waals surface area contributed by atoms with E-state index in [2.05, 4.69) is 20.7 Å². The number of carbonyl (C=O) groups excluding carboxylic acids is 1. The van der Waals surface area contributed by atoms with Gasteiger partial charge in [-0.2, -0.15) is 0 Å². The lowest BCUT2D eigenvalue weighted by atomic mass is 10.1. The van der Waals surface area contributed by atoms with Gasteiger partial charge >= 0.3 is 5.97 Å². The quantitative estimate of drug-likeness (QED) is 0.606. The number of hydrogen-bond donors (Lipinski definition) is 0. The third-order valence-electron chi connectivity index (χ3n) is 1.57. The lowest BCUT2D eigenvalue weighted by Gasteiger charge is -2.06. The van der Waals surface area contributed by atoms with Gasteiger partial charge in [-0.15, -0.1) is 11.6 Å². The van der Waals surface area contributed by atoms with Crippen molar-refractivity contribution in [3.05, 3.63) is 34.3 Å². The maximum atomic E-state index is 11.0. The van der Waals surface area contributed by atoms with Crippen LogP contribution in [0.2, 0.25) is 0 Å². The van der Waals surface area contributed by atoms with E-state index in [0.29, 0.717) is 0 Å². The SMILES string of the molecule is COC(=O)C(Cl)c1ccc(Br)cc1. The number of alkyl halides is 1. The summed E-state index contributed by atoms with van der Waals surface area (Å²) in [6.45, 7) is 0. The number of rotatable bonds is 2. The highest BCUT2D eigenvalue weighted by Gasteiger charge is 2.17. The van der Waals surface area contributed by atoms with Gasteiger partial charge in [-0.3, -0.25) is 4.79 Å². The van der Waals surface area contributed by atoms with E-state index in [0.717, 1.165) is 10.0 Å². The minimum absolute atomic E-state index is 0.441. The summed E-state index contributed by atoms with van der Waals surface area (Å²) < 4.78 is 5.46. The Bertz CT molecular complexity index is 297. The summed E-state index contributed by atoms with van der Waals surface area (Å²) in [6.07, 6.45) is 0. The molecule has 0 aromatic heterocycles. The molecule has 0 N–H and O–H groups in total. The van der Waals surface area contributed by atoms with Gasteiger partial charge in [0, 0.05) is 4.47 Å². The van der Waals surface area contributed by atoms with Gasteiger partial charge in [0.1, 0.15) is 0 Å². The van der Waals surface area contributed by atoms with Crippen LogP contribution in [0.1, 0.15) is 10.9 Å². The molecule has 1 rings (SSSR count). The molecule has 1 atom stereocenters. The van der Waals surface area contributed by atoms with Gasteiger partial charge in [0.25, 0.3) is 0 Å². The second kappa shape index (κ2) is 4.63. The molecule has 0 bridgehead atoms. The van der Waals surface area contributed by atoms with Crippen molar-refractivity contribution in [2.75, 3.05) is 7.11 Å². The number of ether oxygens (including phenoxy) is 1. The Labute approximate surface area is 90.0 Å². The number of carbonyl (C=O) groups is 1. The molecule has 0 fully saturated rings. The number of halogens is 2. The number of benzene rings is 1. The molecule has 0 saturated heterocycles. The third kappa shape index (κ3) is 2.71. The van der Waals surface area contributed by atoms with Crippen molar-refractivity contribution in [1.82, 2.24) is 0 Å². The maximum absolute atomic E-state index is 11.0. The molecule has 0 aliphatic rings. The molecule has 13 heavy (non-hydrogen) atoms. The van der Waals surface area contributed by atoms with Crippen molar-refractivity contribution >= 4 is 33.5 Å². The van der Waals surface area contributed by atoms with E-state index in [-0.39, 0.29) is 0 Å².